The largest absolute Gasteiger partial charge is 0.477 e. The normalized spacial score (nSPS) is 10.8. The number of fused-ring (bicyclic) bond motifs is 1. The van der Waals surface area contributed by atoms with Gasteiger partial charge in [-0.15, -0.1) is 0 Å². The Hall–Kier alpha value is -2.62. The predicted octanol–water partition coefficient (Wildman–Crippen LogP) is 3.26. The van der Waals surface area contributed by atoms with Gasteiger partial charge in [0.25, 0.3) is 0 Å². The molecular weight excluding hydrogens is 252 g/mol. The smallest absolute Gasteiger partial charge is 0.352 e. The van der Waals surface area contributed by atoms with Gasteiger partial charge < -0.3 is 5.11 Å². The number of aryl methyl sites for hydroxylation is 1. The molecule has 1 N–H and O–H groups in total. The van der Waals surface area contributed by atoms with Crippen molar-refractivity contribution < 1.29 is 9.90 Å². The van der Waals surface area contributed by atoms with Crippen molar-refractivity contribution in [2.45, 2.75) is 13.3 Å². The Morgan fingerprint density at radius 2 is 1.95 bits per heavy atom. The number of carboxylic acid groups (broad SMARTS) is 1. The van der Waals surface area contributed by atoms with E-state index in [1.165, 1.54) is 5.56 Å². The lowest BCUT2D eigenvalue weighted by molar-refractivity contribution is 0.0689. The van der Waals surface area contributed by atoms with Crippen LogP contribution in [-0.4, -0.2) is 20.5 Å². The third kappa shape index (κ3) is 2.05. The number of imidazole rings is 1. The van der Waals surface area contributed by atoms with E-state index in [-0.39, 0.29) is 5.69 Å². The van der Waals surface area contributed by atoms with Crippen LogP contribution in [0.4, 0.5) is 0 Å². The molecule has 0 radical (unpaired) electrons. The molecule has 0 saturated carbocycles. The van der Waals surface area contributed by atoms with Crippen molar-refractivity contribution >= 4 is 11.6 Å². The van der Waals surface area contributed by atoms with Crippen LogP contribution in [0.2, 0.25) is 0 Å². The Kier molecular flexibility index (Phi) is 2.99. The summed E-state index contributed by atoms with van der Waals surface area (Å²) in [5.41, 5.74) is 3.89. The fourth-order valence-electron chi connectivity index (χ4n) is 2.24. The zero-order valence-electron chi connectivity index (χ0n) is 11.1. The first-order valence-corrected chi connectivity index (χ1v) is 6.50. The van der Waals surface area contributed by atoms with E-state index in [9.17, 15) is 9.90 Å². The molecule has 4 nitrogen and oxygen atoms in total. The fourth-order valence-corrected chi connectivity index (χ4v) is 2.24. The minimum absolute atomic E-state index is 0.214. The summed E-state index contributed by atoms with van der Waals surface area (Å²) in [4.78, 5) is 15.7. The van der Waals surface area contributed by atoms with Gasteiger partial charge in [0.15, 0.2) is 0 Å². The second kappa shape index (κ2) is 4.81. The van der Waals surface area contributed by atoms with Gasteiger partial charge in [-0.1, -0.05) is 37.3 Å². The molecular formula is C16H14N2O2. The highest BCUT2D eigenvalue weighted by atomic mass is 16.4. The summed E-state index contributed by atoms with van der Waals surface area (Å²) in [5, 5.41) is 9.18. The standard InChI is InChI=1S/C16H14N2O2/c1-2-11-6-8-12(9-7-11)13-10-18-14(16(19)20)4-3-5-15(18)17-13/h3-10H,2H2,1H3,(H,19,20). The maximum Gasteiger partial charge on any atom is 0.352 e. The molecule has 3 aromatic rings. The summed E-state index contributed by atoms with van der Waals surface area (Å²) in [7, 11) is 0. The van der Waals surface area contributed by atoms with Gasteiger partial charge in [0, 0.05) is 11.8 Å². The van der Waals surface area contributed by atoms with E-state index in [1.54, 1.807) is 28.8 Å². The van der Waals surface area contributed by atoms with Gasteiger partial charge in [0.05, 0.1) is 5.69 Å². The Balaban J connectivity index is 2.12. The third-order valence-corrected chi connectivity index (χ3v) is 3.37. The van der Waals surface area contributed by atoms with Crippen molar-refractivity contribution in [1.82, 2.24) is 9.38 Å². The average Bonchev–Trinajstić information content (AvgIpc) is 2.90. The molecule has 0 aliphatic heterocycles. The lowest BCUT2D eigenvalue weighted by Crippen LogP contribution is -2.03. The molecule has 2 heterocycles. The van der Waals surface area contributed by atoms with Crippen molar-refractivity contribution in [2.24, 2.45) is 0 Å². The quantitative estimate of drug-likeness (QED) is 0.791. The number of carbonyl (C=O) groups is 1. The number of hydrogen-bond donors (Lipinski definition) is 1. The molecule has 0 saturated heterocycles. The van der Waals surface area contributed by atoms with Gasteiger partial charge in [-0.3, -0.25) is 4.40 Å². The summed E-state index contributed by atoms with van der Waals surface area (Å²) >= 11 is 0. The maximum absolute atomic E-state index is 11.2. The molecule has 0 spiro atoms. The highest BCUT2D eigenvalue weighted by Gasteiger charge is 2.11. The van der Waals surface area contributed by atoms with Crippen LogP contribution >= 0.6 is 0 Å². The van der Waals surface area contributed by atoms with E-state index in [0.29, 0.717) is 5.65 Å². The Bertz CT molecular complexity index is 773. The Morgan fingerprint density at radius 1 is 1.20 bits per heavy atom. The molecule has 0 amide bonds. The number of carboxylic acids is 1. The molecule has 20 heavy (non-hydrogen) atoms. The molecule has 0 aliphatic rings. The van der Waals surface area contributed by atoms with Gasteiger partial charge in [0.2, 0.25) is 0 Å². The van der Waals surface area contributed by atoms with Crippen LogP contribution in [0, 0.1) is 0 Å². The molecule has 2 aromatic heterocycles. The van der Waals surface area contributed by atoms with Crippen molar-refractivity contribution in [3.8, 4) is 11.3 Å². The summed E-state index contributed by atoms with van der Waals surface area (Å²) < 4.78 is 1.60. The third-order valence-electron chi connectivity index (χ3n) is 3.37. The zero-order valence-corrected chi connectivity index (χ0v) is 11.1. The van der Waals surface area contributed by atoms with E-state index in [2.05, 4.69) is 24.0 Å². The predicted molar refractivity (Wildman–Crippen MR) is 77.0 cm³/mol. The first kappa shape index (κ1) is 12.4. The number of aromatic carboxylic acids is 1. The second-order valence-corrected chi connectivity index (χ2v) is 4.62. The number of aromatic nitrogens is 2. The van der Waals surface area contributed by atoms with Crippen LogP contribution in [0.1, 0.15) is 23.0 Å². The van der Waals surface area contributed by atoms with Gasteiger partial charge in [-0.2, -0.15) is 0 Å². The van der Waals surface area contributed by atoms with Crippen LogP contribution in [-0.2, 0) is 6.42 Å². The van der Waals surface area contributed by atoms with Crippen LogP contribution in [0.25, 0.3) is 16.9 Å². The van der Waals surface area contributed by atoms with E-state index >= 15 is 0 Å². The van der Waals surface area contributed by atoms with Gasteiger partial charge >= 0.3 is 5.97 Å². The highest BCUT2D eigenvalue weighted by Crippen LogP contribution is 2.21. The number of hydrogen-bond acceptors (Lipinski definition) is 2. The Labute approximate surface area is 116 Å². The molecule has 0 atom stereocenters. The van der Waals surface area contributed by atoms with Crippen LogP contribution in [0.3, 0.4) is 0 Å². The summed E-state index contributed by atoms with van der Waals surface area (Å²) in [6.45, 7) is 2.11. The summed E-state index contributed by atoms with van der Waals surface area (Å²) in [5.74, 6) is -0.958. The van der Waals surface area contributed by atoms with Crippen LogP contribution in [0.5, 0.6) is 0 Å². The lowest BCUT2D eigenvalue weighted by Gasteiger charge is -1.99. The average molecular weight is 266 g/mol. The summed E-state index contributed by atoms with van der Waals surface area (Å²) in [6, 6.07) is 13.2. The minimum atomic E-state index is -0.958. The zero-order chi connectivity index (χ0) is 14.1. The first-order chi connectivity index (χ1) is 9.69. The molecule has 1 aromatic carbocycles. The number of nitrogens with zero attached hydrogens (tertiary/aromatic N) is 2. The highest BCUT2D eigenvalue weighted by molar-refractivity contribution is 5.87. The molecule has 0 aliphatic carbocycles. The van der Waals surface area contributed by atoms with Crippen molar-refractivity contribution in [1.29, 1.82) is 0 Å². The van der Waals surface area contributed by atoms with Crippen molar-refractivity contribution in [3.05, 3.63) is 59.9 Å². The van der Waals surface area contributed by atoms with Gasteiger partial charge in [-0.05, 0) is 24.1 Å². The van der Waals surface area contributed by atoms with E-state index < -0.39 is 5.97 Å². The molecule has 0 unspecified atom stereocenters. The maximum atomic E-state index is 11.2. The molecule has 100 valence electrons. The number of benzene rings is 1. The van der Waals surface area contributed by atoms with E-state index in [1.807, 2.05) is 12.1 Å². The van der Waals surface area contributed by atoms with Crippen molar-refractivity contribution in [3.63, 3.8) is 0 Å². The first-order valence-electron chi connectivity index (χ1n) is 6.50. The second-order valence-electron chi connectivity index (χ2n) is 4.62. The van der Waals surface area contributed by atoms with E-state index in [4.69, 9.17) is 0 Å². The lowest BCUT2D eigenvalue weighted by atomic mass is 10.1. The molecule has 4 heteroatoms. The van der Waals surface area contributed by atoms with Crippen LogP contribution < -0.4 is 0 Å². The van der Waals surface area contributed by atoms with E-state index in [0.717, 1.165) is 17.7 Å². The Morgan fingerprint density at radius 3 is 2.60 bits per heavy atom. The fraction of sp³-hybridized carbons (Fsp3) is 0.125. The minimum Gasteiger partial charge on any atom is -0.477 e. The topological polar surface area (TPSA) is 54.6 Å². The van der Waals surface area contributed by atoms with Crippen molar-refractivity contribution in [2.75, 3.05) is 0 Å². The van der Waals surface area contributed by atoms with Crippen LogP contribution in [0.15, 0.2) is 48.7 Å². The monoisotopic (exact) mass is 266 g/mol. The SMILES string of the molecule is CCc1ccc(-c2cn3c(C(=O)O)cccc3n2)cc1. The molecule has 0 fully saturated rings. The number of rotatable bonds is 3. The van der Waals surface area contributed by atoms with Gasteiger partial charge in [0.1, 0.15) is 11.3 Å². The molecule has 0 bridgehead atoms. The summed E-state index contributed by atoms with van der Waals surface area (Å²) in [6.07, 6.45) is 2.76. The van der Waals surface area contributed by atoms with Gasteiger partial charge in [-0.25, -0.2) is 9.78 Å². The number of pyridine rings is 1. The molecule has 3 rings (SSSR count).